The van der Waals surface area contributed by atoms with E-state index in [1.165, 1.54) is 5.56 Å². The van der Waals surface area contributed by atoms with E-state index in [2.05, 4.69) is 37.8 Å². The van der Waals surface area contributed by atoms with Gasteiger partial charge in [0.25, 0.3) is 0 Å². The highest BCUT2D eigenvalue weighted by Gasteiger charge is 2.11. The summed E-state index contributed by atoms with van der Waals surface area (Å²) in [6.45, 7) is 2.11. The van der Waals surface area contributed by atoms with Gasteiger partial charge in [0, 0.05) is 6.20 Å². The Labute approximate surface area is 106 Å². The van der Waals surface area contributed by atoms with Crippen molar-refractivity contribution in [1.82, 2.24) is 15.0 Å². The van der Waals surface area contributed by atoms with Crippen molar-refractivity contribution in [1.29, 1.82) is 0 Å². The molecule has 0 radical (unpaired) electrons. The smallest absolute Gasteiger partial charge is 0.178 e. The van der Waals surface area contributed by atoms with Crippen molar-refractivity contribution >= 4 is 27.1 Å². The monoisotopic (exact) mass is 291 g/mol. The van der Waals surface area contributed by atoms with Crippen LogP contribution in [-0.2, 0) is 6.42 Å². The molecule has 1 N–H and O–H groups in total. The van der Waals surface area contributed by atoms with Crippen LogP contribution in [0.15, 0.2) is 33.5 Å². The fourth-order valence-corrected chi connectivity index (χ4v) is 2.12. The largest absolute Gasteiger partial charge is 0.446 e. The van der Waals surface area contributed by atoms with Crippen LogP contribution >= 0.6 is 15.9 Å². The first-order valence-corrected chi connectivity index (χ1v) is 6.16. The lowest BCUT2D eigenvalue weighted by molar-refractivity contribution is 0.552. The number of imidazole rings is 1. The van der Waals surface area contributed by atoms with E-state index < -0.39 is 0 Å². The van der Waals surface area contributed by atoms with Crippen molar-refractivity contribution in [3.63, 3.8) is 0 Å². The number of rotatable bonds is 2. The Hall–Kier alpha value is -1.62. The summed E-state index contributed by atoms with van der Waals surface area (Å²) >= 11 is 3.28. The van der Waals surface area contributed by atoms with Gasteiger partial charge in [0.2, 0.25) is 0 Å². The molecule has 0 unspecified atom stereocenters. The van der Waals surface area contributed by atoms with Crippen LogP contribution in [0.4, 0.5) is 0 Å². The molecule has 5 heteroatoms. The molecule has 0 fully saturated rings. The van der Waals surface area contributed by atoms with E-state index in [-0.39, 0.29) is 0 Å². The Kier molecular flexibility index (Phi) is 2.48. The summed E-state index contributed by atoms with van der Waals surface area (Å²) in [4.78, 5) is 11.9. The first-order valence-electron chi connectivity index (χ1n) is 5.37. The number of furan rings is 1. The predicted molar refractivity (Wildman–Crippen MR) is 68.7 cm³/mol. The fraction of sp³-hybridized carbons (Fsp3) is 0.167. The summed E-state index contributed by atoms with van der Waals surface area (Å²) in [7, 11) is 0. The standard InChI is InChI=1S/C12H10BrN3O/c1-2-7-5-6-14-12-10(7)15-11(16-12)8-3-4-9(13)17-8/h3-6H,2H2,1H3,(H,14,15,16). The van der Waals surface area contributed by atoms with E-state index in [9.17, 15) is 0 Å². The molecule has 0 saturated carbocycles. The van der Waals surface area contributed by atoms with Gasteiger partial charge in [-0.25, -0.2) is 9.97 Å². The number of hydrogen-bond acceptors (Lipinski definition) is 3. The minimum absolute atomic E-state index is 0.691. The third-order valence-electron chi connectivity index (χ3n) is 2.67. The van der Waals surface area contributed by atoms with Crippen LogP contribution in [0.25, 0.3) is 22.7 Å². The van der Waals surface area contributed by atoms with Crippen LogP contribution in [0.3, 0.4) is 0 Å². The van der Waals surface area contributed by atoms with E-state index in [1.807, 2.05) is 18.2 Å². The van der Waals surface area contributed by atoms with Gasteiger partial charge in [-0.3, -0.25) is 0 Å². The first kappa shape index (κ1) is 10.5. The van der Waals surface area contributed by atoms with Gasteiger partial charge in [-0.1, -0.05) is 6.92 Å². The zero-order valence-corrected chi connectivity index (χ0v) is 10.8. The van der Waals surface area contributed by atoms with Gasteiger partial charge in [0.15, 0.2) is 21.9 Å². The number of H-pyrrole nitrogens is 1. The number of nitrogens with one attached hydrogen (secondary N) is 1. The quantitative estimate of drug-likeness (QED) is 0.786. The molecule has 86 valence electrons. The maximum atomic E-state index is 5.47. The molecular weight excluding hydrogens is 282 g/mol. The highest BCUT2D eigenvalue weighted by molar-refractivity contribution is 9.10. The van der Waals surface area contributed by atoms with Crippen molar-refractivity contribution in [2.45, 2.75) is 13.3 Å². The van der Waals surface area contributed by atoms with Crippen LogP contribution in [-0.4, -0.2) is 15.0 Å². The Bertz CT molecular complexity index is 671. The van der Waals surface area contributed by atoms with Gasteiger partial charge in [-0.15, -0.1) is 0 Å². The zero-order chi connectivity index (χ0) is 11.8. The number of fused-ring (bicyclic) bond motifs is 1. The van der Waals surface area contributed by atoms with E-state index >= 15 is 0 Å². The molecule has 0 aliphatic heterocycles. The summed E-state index contributed by atoms with van der Waals surface area (Å²) < 4.78 is 6.16. The van der Waals surface area contributed by atoms with Crippen molar-refractivity contribution in [2.75, 3.05) is 0 Å². The fourth-order valence-electron chi connectivity index (χ4n) is 1.82. The molecule has 0 aliphatic carbocycles. The minimum Gasteiger partial charge on any atom is -0.446 e. The first-order chi connectivity index (χ1) is 8.28. The SMILES string of the molecule is CCc1ccnc2nc(-c3ccc(Br)o3)[nH]c12. The number of aromatic amines is 1. The normalized spacial score (nSPS) is 11.2. The summed E-state index contributed by atoms with van der Waals surface area (Å²) in [6.07, 6.45) is 2.73. The molecule has 0 aliphatic rings. The van der Waals surface area contributed by atoms with Crippen LogP contribution in [0.2, 0.25) is 0 Å². The van der Waals surface area contributed by atoms with E-state index in [4.69, 9.17) is 4.42 Å². The molecule has 0 spiro atoms. The second-order valence-corrected chi connectivity index (χ2v) is 4.49. The maximum Gasteiger partial charge on any atom is 0.178 e. The highest BCUT2D eigenvalue weighted by atomic mass is 79.9. The third kappa shape index (κ3) is 1.76. The van der Waals surface area contributed by atoms with Gasteiger partial charge in [0.05, 0.1) is 5.52 Å². The van der Waals surface area contributed by atoms with E-state index in [1.54, 1.807) is 6.20 Å². The minimum atomic E-state index is 0.691. The highest BCUT2D eigenvalue weighted by Crippen LogP contribution is 2.25. The van der Waals surface area contributed by atoms with Gasteiger partial charge in [-0.2, -0.15) is 0 Å². The number of halogens is 1. The van der Waals surface area contributed by atoms with Crippen molar-refractivity contribution in [3.05, 3.63) is 34.6 Å². The average molecular weight is 292 g/mol. The second-order valence-electron chi connectivity index (χ2n) is 3.71. The number of aromatic nitrogens is 3. The van der Waals surface area contributed by atoms with Gasteiger partial charge < -0.3 is 9.40 Å². The molecule has 3 aromatic rings. The molecular formula is C12H10BrN3O. The molecule has 3 heterocycles. The second kappa shape index (κ2) is 4.00. The molecule has 0 atom stereocenters. The van der Waals surface area contributed by atoms with E-state index in [0.29, 0.717) is 16.3 Å². The predicted octanol–water partition coefficient (Wildman–Crippen LogP) is 3.54. The summed E-state index contributed by atoms with van der Waals surface area (Å²) in [5.41, 5.74) is 2.92. The molecule has 0 saturated heterocycles. The number of nitrogens with zero attached hydrogens (tertiary/aromatic N) is 2. The van der Waals surface area contributed by atoms with Crippen LogP contribution in [0.5, 0.6) is 0 Å². The van der Waals surface area contributed by atoms with Crippen molar-refractivity contribution in [2.24, 2.45) is 0 Å². The topological polar surface area (TPSA) is 54.7 Å². The average Bonchev–Trinajstić information content (AvgIpc) is 2.93. The van der Waals surface area contributed by atoms with Crippen LogP contribution < -0.4 is 0 Å². The van der Waals surface area contributed by atoms with Crippen molar-refractivity contribution in [3.8, 4) is 11.6 Å². The Morgan fingerprint density at radius 2 is 2.24 bits per heavy atom. The third-order valence-corrected chi connectivity index (χ3v) is 3.09. The molecule has 0 aromatic carbocycles. The Morgan fingerprint density at radius 3 is 2.94 bits per heavy atom. The molecule has 3 aromatic heterocycles. The lowest BCUT2D eigenvalue weighted by atomic mass is 10.2. The lowest BCUT2D eigenvalue weighted by Crippen LogP contribution is -1.84. The van der Waals surface area contributed by atoms with E-state index in [0.717, 1.165) is 17.6 Å². The van der Waals surface area contributed by atoms with Crippen LogP contribution in [0, 0.1) is 0 Å². The lowest BCUT2D eigenvalue weighted by Gasteiger charge is -1.95. The summed E-state index contributed by atoms with van der Waals surface area (Å²) in [5.74, 6) is 1.41. The van der Waals surface area contributed by atoms with Gasteiger partial charge in [-0.05, 0) is 46.1 Å². The van der Waals surface area contributed by atoms with Crippen molar-refractivity contribution < 1.29 is 4.42 Å². The zero-order valence-electron chi connectivity index (χ0n) is 9.20. The molecule has 0 bridgehead atoms. The van der Waals surface area contributed by atoms with Crippen LogP contribution in [0.1, 0.15) is 12.5 Å². The summed E-state index contributed by atoms with van der Waals surface area (Å²) in [6, 6.07) is 5.71. The number of hydrogen-bond donors (Lipinski definition) is 1. The number of aryl methyl sites for hydroxylation is 1. The molecule has 17 heavy (non-hydrogen) atoms. The van der Waals surface area contributed by atoms with Gasteiger partial charge in [0.1, 0.15) is 0 Å². The summed E-state index contributed by atoms with van der Waals surface area (Å²) in [5, 5.41) is 0. The molecule has 0 amide bonds. The molecule has 3 rings (SSSR count). The van der Waals surface area contributed by atoms with Gasteiger partial charge >= 0.3 is 0 Å². The molecule has 4 nitrogen and oxygen atoms in total. The maximum absolute atomic E-state index is 5.47. The Morgan fingerprint density at radius 1 is 1.35 bits per heavy atom. The Balaban J connectivity index is 2.19. The number of pyridine rings is 1.